The van der Waals surface area contributed by atoms with Gasteiger partial charge in [-0.05, 0) is 48.9 Å². The number of carbonyl (C=O) groups excluding carboxylic acids is 1. The van der Waals surface area contributed by atoms with E-state index in [1.54, 1.807) is 24.3 Å². The van der Waals surface area contributed by atoms with Gasteiger partial charge < -0.3 is 9.73 Å². The Morgan fingerprint density at radius 1 is 1.18 bits per heavy atom. The van der Waals surface area contributed by atoms with Crippen LogP contribution in [0.25, 0.3) is 22.1 Å². The minimum atomic E-state index is -0.631. The summed E-state index contributed by atoms with van der Waals surface area (Å²) in [7, 11) is 0. The Kier molecular flexibility index (Phi) is 5.34. The molecule has 1 aliphatic carbocycles. The molecule has 1 aromatic carbocycles. The zero-order chi connectivity index (χ0) is 24.1. The fourth-order valence-corrected chi connectivity index (χ4v) is 4.03. The number of carbonyl (C=O) groups is 1. The monoisotopic (exact) mass is 461 g/mol. The molecule has 176 valence electrons. The lowest BCUT2D eigenvalue weighted by Crippen LogP contribution is -2.33. The van der Waals surface area contributed by atoms with Crippen LogP contribution in [0.1, 0.15) is 74.3 Å². The van der Waals surface area contributed by atoms with Crippen molar-refractivity contribution in [1.82, 2.24) is 19.5 Å². The highest BCUT2D eigenvalue weighted by Crippen LogP contribution is 2.40. The minimum Gasteiger partial charge on any atom is -0.440 e. The number of benzene rings is 1. The highest BCUT2D eigenvalue weighted by atomic mass is 16.3. The van der Waals surface area contributed by atoms with Gasteiger partial charge in [-0.2, -0.15) is 0 Å². The van der Waals surface area contributed by atoms with E-state index < -0.39 is 17.2 Å². The van der Waals surface area contributed by atoms with Crippen LogP contribution in [0.4, 0.5) is 5.69 Å². The molecule has 9 heteroatoms. The van der Waals surface area contributed by atoms with E-state index in [9.17, 15) is 14.4 Å². The molecule has 0 radical (unpaired) electrons. The van der Waals surface area contributed by atoms with Gasteiger partial charge in [-0.3, -0.25) is 19.1 Å². The number of oxazole rings is 1. The van der Waals surface area contributed by atoms with Crippen LogP contribution in [0.15, 0.2) is 38.3 Å². The van der Waals surface area contributed by atoms with Crippen molar-refractivity contribution in [2.45, 2.75) is 58.9 Å². The fourth-order valence-electron chi connectivity index (χ4n) is 4.03. The van der Waals surface area contributed by atoms with Crippen molar-refractivity contribution in [3.63, 3.8) is 0 Å². The van der Waals surface area contributed by atoms with E-state index in [1.807, 2.05) is 27.7 Å². The summed E-state index contributed by atoms with van der Waals surface area (Å²) in [5.74, 6) is 0.793. The predicted molar refractivity (Wildman–Crippen MR) is 129 cm³/mol. The maximum atomic E-state index is 13.4. The first kappa shape index (κ1) is 22.1. The molecule has 34 heavy (non-hydrogen) atoms. The normalized spacial score (nSPS) is 13.9. The Morgan fingerprint density at radius 2 is 1.94 bits per heavy atom. The number of pyridine rings is 1. The summed E-state index contributed by atoms with van der Waals surface area (Å²) < 4.78 is 7.23. The van der Waals surface area contributed by atoms with Crippen molar-refractivity contribution in [1.29, 1.82) is 0 Å². The van der Waals surface area contributed by atoms with Crippen LogP contribution >= 0.6 is 0 Å². The molecule has 2 N–H and O–H groups in total. The van der Waals surface area contributed by atoms with E-state index >= 15 is 0 Å². The van der Waals surface area contributed by atoms with Crippen LogP contribution in [-0.4, -0.2) is 25.4 Å². The van der Waals surface area contributed by atoms with E-state index in [0.29, 0.717) is 34.9 Å². The average molecular weight is 462 g/mol. The van der Waals surface area contributed by atoms with Crippen molar-refractivity contribution in [3.05, 3.63) is 62.3 Å². The van der Waals surface area contributed by atoms with Gasteiger partial charge in [0.15, 0.2) is 17.1 Å². The molecule has 1 aliphatic rings. The number of hydrogen-bond donors (Lipinski definition) is 2. The van der Waals surface area contributed by atoms with Crippen molar-refractivity contribution in [2.75, 3.05) is 5.32 Å². The summed E-state index contributed by atoms with van der Waals surface area (Å²) in [6.07, 6.45) is 2.17. The number of aromatic amines is 1. The topological polar surface area (TPSA) is 123 Å². The number of anilines is 1. The van der Waals surface area contributed by atoms with Gasteiger partial charge in [0.25, 0.3) is 11.5 Å². The van der Waals surface area contributed by atoms with E-state index in [4.69, 9.17) is 4.42 Å². The lowest BCUT2D eigenvalue weighted by molar-refractivity contribution is 0.102. The van der Waals surface area contributed by atoms with Gasteiger partial charge in [0.05, 0.1) is 10.9 Å². The minimum absolute atomic E-state index is 0.00911. The lowest BCUT2D eigenvalue weighted by atomic mass is 10.0. The summed E-state index contributed by atoms with van der Waals surface area (Å²) in [5.41, 5.74) is 1.74. The standard InChI is InChI=1S/C25H27N5O4/c1-12(2)11-30-21-20(23(32)29-25(30)33)16(10-17(27-21)13(3)4)22(31)26-15-7-8-19-18(9-15)28-24(34-19)14-5-6-14/h7-10,12-14H,5-6,11H2,1-4H3,(H,26,31)(H,29,32,33). The summed E-state index contributed by atoms with van der Waals surface area (Å²) in [4.78, 5) is 50.3. The summed E-state index contributed by atoms with van der Waals surface area (Å²) in [6, 6.07) is 6.91. The zero-order valence-electron chi connectivity index (χ0n) is 19.6. The highest BCUT2D eigenvalue weighted by molar-refractivity contribution is 6.12. The Balaban J connectivity index is 1.60. The third-order valence-corrected chi connectivity index (χ3v) is 5.94. The van der Waals surface area contributed by atoms with Crippen LogP contribution in [-0.2, 0) is 6.54 Å². The first-order valence-corrected chi connectivity index (χ1v) is 11.6. The molecule has 3 heterocycles. The number of nitrogens with zero attached hydrogens (tertiary/aromatic N) is 3. The van der Waals surface area contributed by atoms with Crippen molar-refractivity contribution >= 4 is 33.7 Å². The third kappa shape index (κ3) is 4.02. The number of aromatic nitrogens is 4. The van der Waals surface area contributed by atoms with Crippen LogP contribution in [0.2, 0.25) is 0 Å². The Hall–Kier alpha value is -3.75. The molecule has 1 fully saturated rings. The molecule has 9 nitrogen and oxygen atoms in total. The first-order valence-electron chi connectivity index (χ1n) is 11.6. The third-order valence-electron chi connectivity index (χ3n) is 5.94. The molecule has 0 bridgehead atoms. The Morgan fingerprint density at radius 3 is 2.62 bits per heavy atom. The van der Waals surface area contributed by atoms with Crippen molar-refractivity contribution in [2.24, 2.45) is 5.92 Å². The van der Waals surface area contributed by atoms with E-state index in [2.05, 4.69) is 20.3 Å². The molecule has 1 amide bonds. The largest absolute Gasteiger partial charge is 0.440 e. The quantitative estimate of drug-likeness (QED) is 0.445. The van der Waals surface area contributed by atoms with Gasteiger partial charge >= 0.3 is 5.69 Å². The van der Waals surface area contributed by atoms with Crippen LogP contribution in [0.3, 0.4) is 0 Å². The molecular weight excluding hydrogens is 434 g/mol. The van der Waals surface area contributed by atoms with Gasteiger partial charge in [0.2, 0.25) is 0 Å². The predicted octanol–water partition coefficient (Wildman–Crippen LogP) is 4.14. The number of H-pyrrole nitrogens is 1. The second kappa shape index (κ2) is 8.23. The maximum Gasteiger partial charge on any atom is 0.330 e. The van der Waals surface area contributed by atoms with Gasteiger partial charge in [0.1, 0.15) is 5.52 Å². The van der Waals surface area contributed by atoms with Crippen LogP contribution in [0.5, 0.6) is 0 Å². The molecule has 4 aromatic rings. The van der Waals surface area contributed by atoms with E-state index in [0.717, 1.165) is 18.7 Å². The molecule has 0 spiro atoms. The SMILES string of the molecule is CC(C)Cn1c(=O)[nH]c(=O)c2c(C(=O)Nc3ccc4oc(C5CC5)nc4c3)cc(C(C)C)nc21. The van der Waals surface area contributed by atoms with E-state index in [1.165, 1.54) is 4.57 Å². The van der Waals surface area contributed by atoms with Crippen LogP contribution < -0.4 is 16.6 Å². The molecule has 3 aromatic heterocycles. The summed E-state index contributed by atoms with van der Waals surface area (Å²) in [6.45, 7) is 8.21. The molecule has 1 saturated carbocycles. The van der Waals surface area contributed by atoms with Gasteiger partial charge in [-0.1, -0.05) is 27.7 Å². The Labute approximate surface area is 195 Å². The van der Waals surface area contributed by atoms with E-state index in [-0.39, 0.29) is 28.4 Å². The number of nitrogens with one attached hydrogen (secondary N) is 2. The highest BCUT2D eigenvalue weighted by Gasteiger charge is 2.29. The van der Waals surface area contributed by atoms with Crippen molar-refractivity contribution in [3.8, 4) is 0 Å². The van der Waals surface area contributed by atoms with Crippen LogP contribution in [0, 0.1) is 5.92 Å². The Bertz CT molecular complexity index is 1540. The maximum absolute atomic E-state index is 13.4. The van der Waals surface area contributed by atoms with Gasteiger partial charge in [0, 0.05) is 23.8 Å². The second-order valence-corrected chi connectivity index (χ2v) is 9.67. The molecule has 0 unspecified atom stereocenters. The second-order valence-electron chi connectivity index (χ2n) is 9.67. The molecule has 0 aliphatic heterocycles. The fraction of sp³-hybridized carbons (Fsp3) is 0.400. The first-order chi connectivity index (χ1) is 16.2. The number of amides is 1. The smallest absolute Gasteiger partial charge is 0.330 e. The zero-order valence-corrected chi connectivity index (χ0v) is 19.6. The summed E-state index contributed by atoms with van der Waals surface area (Å²) in [5, 5.41) is 2.97. The average Bonchev–Trinajstić information content (AvgIpc) is 3.54. The number of hydrogen-bond acceptors (Lipinski definition) is 6. The number of rotatable bonds is 6. The molecular formula is C25H27N5O4. The van der Waals surface area contributed by atoms with Crippen molar-refractivity contribution < 1.29 is 9.21 Å². The van der Waals surface area contributed by atoms with Gasteiger partial charge in [-0.15, -0.1) is 0 Å². The number of fused-ring (bicyclic) bond motifs is 2. The summed E-state index contributed by atoms with van der Waals surface area (Å²) >= 11 is 0. The van der Waals surface area contributed by atoms with Gasteiger partial charge in [-0.25, -0.2) is 14.8 Å². The molecule has 0 saturated heterocycles. The molecule has 0 atom stereocenters. The molecule has 5 rings (SSSR count). The lowest BCUT2D eigenvalue weighted by Gasteiger charge is -2.16.